The molecule has 0 saturated heterocycles. The minimum Gasteiger partial charge on any atom is -0.493 e. The molecule has 0 aliphatic heterocycles. The number of nitrogens with two attached hydrogens (primary N) is 1. The van der Waals surface area contributed by atoms with Crippen LogP contribution in [-0.4, -0.2) is 7.11 Å². The van der Waals surface area contributed by atoms with Gasteiger partial charge in [-0.3, -0.25) is 0 Å². The summed E-state index contributed by atoms with van der Waals surface area (Å²) in [6.45, 7) is 1.94. The molecule has 0 atom stereocenters. The van der Waals surface area contributed by atoms with Crippen molar-refractivity contribution in [3.63, 3.8) is 0 Å². The van der Waals surface area contributed by atoms with Crippen molar-refractivity contribution in [2.75, 3.05) is 12.8 Å². The summed E-state index contributed by atoms with van der Waals surface area (Å²) >= 11 is 0. The molecular weight excluding hydrogens is 240 g/mol. The van der Waals surface area contributed by atoms with Gasteiger partial charge in [-0.05, 0) is 36.8 Å². The maximum atomic E-state index is 8.85. The highest BCUT2D eigenvalue weighted by Crippen LogP contribution is 2.33. The van der Waals surface area contributed by atoms with E-state index in [1.165, 1.54) is 7.11 Å². The van der Waals surface area contributed by atoms with Crippen LogP contribution in [0.1, 0.15) is 11.1 Å². The van der Waals surface area contributed by atoms with Crippen molar-refractivity contribution in [2.24, 2.45) is 0 Å². The number of benzene rings is 2. The van der Waals surface area contributed by atoms with E-state index >= 15 is 0 Å². The minimum atomic E-state index is 0.513. The fourth-order valence-electron chi connectivity index (χ4n) is 1.78. The van der Waals surface area contributed by atoms with Crippen molar-refractivity contribution in [1.82, 2.24) is 0 Å². The Hall–Kier alpha value is -2.67. The predicted molar refractivity (Wildman–Crippen MR) is 73.4 cm³/mol. The Bertz CT molecular complexity index is 625. The van der Waals surface area contributed by atoms with Crippen LogP contribution in [0.25, 0.3) is 0 Å². The number of nitriles is 1. The number of nitrogens with zero attached hydrogens (tertiary/aromatic N) is 1. The Labute approximate surface area is 112 Å². The molecule has 2 aromatic rings. The highest BCUT2D eigenvalue weighted by atomic mass is 16.5. The number of ether oxygens (including phenoxy) is 2. The summed E-state index contributed by atoms with van der Waals surface area (Å²) in [6, 6.07) is 12.6. The number of rotatable bonds is 3. The fraction of sp³-hybridized carbons (Fsp3) is 0.133. The summed E-state index contributed by atoms with van der Waals surface area (Å²) in [4.78, 5) is 0. The first-order valence-corrected chi connectivity index (χ1v) is 5.75. The molecule has 0 radical (unpaired) electrons. The maximum absolute atomic E-state index is 8.85. The first kappa shape index (κ1) is 12.8. The average Bonchev–Trinajstić information content (AvgIpc) is 2.38. The molecule has 0 aliphatic carbocycles. The van der Waals surface area contributed by atoms with Gasteiger partial charge in [0.05, 0.1) is 18.7 Å². The number of hydrogen-bond donors (Lipinski definition) is 1. The summed E-state index contributed by atoms with van der Waals surface area (Å²) in [5.41, 5.74) is 7.95. The lowest BCUT2D eigenvalue weighted by atomic mass is 10.2. The molecule has 0 amide bonds. The third-order valence-corrected chi connectivity index (χ3v) is 2.59. The van der Waals surface area contributed by atoms with E-state index in [-0.39, 0.29) is 0 Å². The van der Waals surface area contributed by atoms with E-state index in [9.17, 15) is 0 Å². The molecule has 96 valence electrons. The minimum absolute atomic E-state index is 0.513. The molecule has 0 spiro atoms. The zero-order valence-electron chi connectivity index (χ0n) is 10.8. The first-order valence-electron chi connectivity index (χ1n) is 5.75. The van der Waals surface area contributed by atoms with Crippen molar-refractivity contribution >= 4 is 5.69 Å². The van der Waals surface area contributed by atoms with E-state index in [0.717, 1.165) is 5.56 Å². The van der Waals surface area contributed by atoms with Crippen molar-refractivity contribution in [2.45, 2.75) is 6.92 Å². The quantitative estimate of drug-likeness (QED) is 0.854. The maximum Gasteiger partial charge on any atom is 0.169 e. The van der Waals surface area contributed by atoms with Gasteiger partial charge < -0.3 is 15.2 Å². The molecule has 0 saturated carbocycles. The number of methoxy groups -OCH3 is 1. The molecule has 2 rings (SSSR count). The molecule has 4 heteroatoms. The number of anilines is 1. The van der Waals surface area contributed by atoms with Crippen LogP contribution in [0.4, 0.5) is 5.69 Å². The van der Waals surface area contributed by atoms with E-state index in [1.807, 2.05) is 19.1 Å². The van der Waals surface area contributed by atoms with Gasteiger partial charge in [0.25, 0.3) is 0 Å². The Morgan fingerprint density at radius 2 is 1.89 bits per heavy atom. The molecule has 2 aromatic carbocycles. The second kappa shape index (κ2) is 5.32. The van der Waals surface area contributed by atoms with Crippen molar-refractivity contribution in [1.29, 1.82) is 5.26 Å². The normalized spacial score (nSPS) is 9.74. The van der Waals surface area contributed by atoms with Crippen molar-refractivity contribution in [3.8, 4) is 23.3 Å². The molecule has 0 fully saturated rings. The van der Waals surface area contributed by atoms with E-state index < -0.39 is 0 Å². The monoisotopic (exact) mass is 254 g/mol. The largest absolute Gasteiger partial charge is 0.493 e. The Morgan fingerprint density at radius 3 is 2.53 bits per heavy atom. The Kier molecular flexibility index (Phi) is 3.58. The average molecular weight is 254 g/mol. The van der Waals surface area contributed by atoms with Gasteiger partial charge in [-0.25, -0.2) is 0 Å². The lowest BCUT2D eigenvalue weighted by Gasteiger charge is -2.11. The van der Waals surface area contributed by atoms with Crippen molar-refractivity contribution < 1.29 is 9.47 Å². The lowest BCUT2D eigenvalue weighted by molar-refractivity contribution is 0.378. The summed E-state index contributed by atoms with van der Waals surface area (Å²) in [5, 5.41) is 8.85. The van der Waals surface area contributed by atoms with Crippen LogP contribution in [0, 0.1) is 18.3 Å². The number of hydrogen-bond acceptors (Lipinski definition) is 4. The molecule has 4 nitrogen and oxygen atoms in total. The molecule has 0 heterocycles. The molecule has 19 heavy (non-hydrogen) atoms. The van der Waals surface area contributed by atoms with Crippen molar-refractivity contribution in [3.05, 3.63) is 47.5 Å². The predicted octanol–water partition coefficient (Wildman–Crippen LogP) is 3.25. The van der Waals surface area contributed by atoms with Gasteiger partial charge in [0, 0.05) is 17.8 Å². The van der Waals surface area contributed by atoms with Gasteiger partial charge in [-0.2, -0.15) is 5.26 Å². The Morgan fingerprint density at radius 1 is 1.11 bits per heavy atom. The molecule has 2 N–H and O–H groups in total. The molecular formula is C15H14N2O2. The standard InChI is InChI=1S/C15H14N2O2/c1-10-5-12(17)8-13(6-10)19-14-4-3-11(9-16)7-15(14)18-2/h3-8H,17H2,1-2H3. The van der Waals surface area contributed by atoms with Gasteiger partial charge in [0.15, 0.2) is 11.5 Å². The highest BCUT2D eigenvalue weighted by Gasteiger charge is 2.07. The number of nitrogen functional groups attached to an aromatic ring is 1. The third-order valence-electron chi connectivity index (χ3n) is 2.59. The van der Waals surface area contributed by atoms with Gasteiger partial charge in [0.2, 0.25) is 0 Å². The van der Waals surface area contributed by atoms with Gasteiger partial charge in [0.1, 0.15) is 5.75 Å². The molecule has 0 bridgehead atoms. The third kappa shape index (κ3) is 2.96. The molecule has 0 unspecified atom stereocenters. The van der Waals surface area contributed by atoms with Crippen LogP contribution in [-0.2, 0) is 0 Å². The Balaban J connectivity index is 2.35. The highest BCUT2D eigenvalue weighted by molar-refractivity contribution is 5.52. The lowest BCUT2D eigenvalue weighted by Crippen LogP contribution is -1.93. The van der Waals surface area contributed by atoms with Crippen LogP contribution in [0.2, 0.25) is 0 Å². The summed E-state index contributed by atoms with van der Waals surface area (Å²) in [7, 11) is 1.54. The topological polar surface area (TPSA) is 68.3 Å². The van der Waals surface area contributed by atoms with Gasteiger partial charge in [-0.15, -0.1) is 0 Å². The fourth-order valence-corrected chi connectivity index (χ4v) is 1.78. The SMILES string of the molecule is COc1cc(C#N)ccc1Oc1cc(C)cc(N)c1. The van der Waals surface area contributed by atoms with Crippen LogP contribution in [0.15, 0.2) is 36.4 Å². The van der Waals surface area contributed by atoms with Crippen LogP contribution in [0.3, 0.4) is 0 Å². The zero-order valence-corrected chi connectivity index (χ0v) is 10.8. The number of aryl methyl sites for hydroxylation is 1. The van der Waals surface area contributed by atoms with E-state index in [0.29, 0.717) is 28.5 Å². The smallest absolute Gasteiger partial charge is 0.169 e. The summed E-state index contributed by atoms with van der Waals surface area (Å²) in [6.07, 6.45) is 0. The van der Waals surface area contributed by atoms with Crippen LogP contribution < -0.4 is 15.2 Å². The molecule has 0 aromatic heterocycles. The summed E-state index contributed by atoms with van der Waals surface area (Å²) < 4.78 is 11.0. The zero-order chi connectivity index (χ0) is 13.8. The van der Waals surface area contributed by atoms with Gasteiger partial charge in [-0.1, -0.05) is 0 Å². The van der Waals surface area contributed by atoms with E-state index in [1.54, 1.807) is 24.3 Å². The summed E-state index contributed by atoms with van der Waals surface area (Å²) in [5.74, 6) is 1.70. The first-order chi connectivity index (χ1) is 9.12. The van der Waals surface area contributed by atoms with E-state index in [2.05, 4.69) is 6.07 Å². The second-order valence-electron chi connectivity index (χ2n) is 4.16. The molecule has 0 aliphatic rings. The van der Waals surface area contributed by atoms with Crippen LogP contribution >= 0.6 is 0 Å². The van der Waals surface area contributed by atoms with Gasteiger partial charge >= 0.3 is 0 Å². The van der Waals surface area contributed by atoms with Crippen LogP contribution in [0.5, 0.6) is 17.2 Å². The van der Waals surface area contributed by atoms with E-state index in [4.69, 9.17) is 20.5 Å². The second-order valence-corrected chi connectivity index (χ2v) is 4.16.